The lowest BCUT2D eigenvalue weighted by atomic mass is 10.0. The van der Waals surface area contributed by atoms with Crippen LogP contribution < -0.4 is 0 Å². The Balaban J connectivity index is 1.92. The van der Waals surface area contributed by atoms with Crippen LogP contribution in [0.15, 0.2) is 47.6 Å². The van der Waals surface area contributed by atoms with Crippen LogP contribution in [0, 0.1) is 0 Å². The Bertz CT molecular complexity index is 500. The predicted molar refractivity (Wildman–Crippen MR) is 78.3 cm³/mol. The van der Waals surface area contributed by atoms with Gasteiger partial charge in [-0.15, -0.1) is 0 Å². The second kappa shape index (κ2) is 8.44. The molecular formula is C15H19N3O3. The van der Waals surface area contributed by atoms with Crippen LogP contribution in [0.25, 0.3) is 10.4 Å². The number of aliphatic hydroxyl groups excluding tert-OH is 1. The molecular weight excluding hydrogens is 270 g/mol. The minimum Gasteiger partial charge on any atom is -0.396 e. The Morgan fingerprint density at radius 2 is 2.10 bits per heavy atom. The molecule has 1 aliphatic rings. The van der Waals surface area contributed by atoms with Gasteiger partial charge in [-0.3, -0.25) is 0 Å². The van der Waals surface area contributed by atoms with Gasteiger partial charge in [-0.2, -0.15) is 0 Å². The summed E-state index contributed by atoms with van der Waals surface area (Å²) in [6.07, 6.45) is 4.06. The van der Waals surface area contributed by atoms with Gasteiger partial charge in [0.25, 0.3) is 0 Å². The summed E-state index contributed by atoms with van der Waals surface area (Å²) < 4.78 is 11.5. The first-order valence-electron chi connectivity index (χ1n) is 6.98. The predicted octanol–water partition coefficient (Wildman–Crippen LogP) is 2.94. The van der Waals surface area contributed by atoms with Crippen LogP contribution in [0.5, 0.6) is 0 Å². The van der Waals surface area contributed by atoms with Gasteiger partial charge < -0.3 is 14.6 Å². The van der Waals surface area contributed by atoms with Gasteiger partial charge in [-0.25, -0.2) is 0 Å². The van der Waals surface area contributed by atoms with Crippen LogP contribution in [0.1, 0.15) is 18.4 Å². The molecule has 1 aliphatic heterocycles. The summed E-state index contributed by atoms with van der Waals surface area (Å²) in [6.45, 7) is 0.539. The normalized spacial score (nSPS) is 24.5. The molecule has 0 saturated heterocycles. The number of azide groups is 1. The highest BCUT2D eigenvalue weighted by molar-refractivity contribution is 5.13. The van der Waals surface area contributed by atoms with E-state index in [0.29, 0.717) is 19.4 Å². The van der Waals surface area contributed by atoms with E-state index in [1.807, 2.05) is 30.3 Å². The third kappa shape index (κ3) is 4.88. The van der Waals surface area contributed by atoms with Crippen molar-refractivity contribution in [3.8, 4) is 0 Å². The number of hydrogen-bond acceptors (Lipinski definition) is 4. The SMILES string of the molecule is [N-]=[N+]=N[C@@H]1C=C[C@H](OCc2ccccc2)O[C@H]1CCCO. The zero-order valence-electron chi connectivity index (χ0n) is 11.7. The highest BCUT2D eigenvalue weighted by Crippen LogP contribution is 2.21. The van der Waals surface area contributed by atoms with E-state index < -0.39 is 6.29 Å². The lowest BCUT2D eigenvalue weighted by Crippen LogP contribution is -2.35. The molecule has 112 valence electrons. The fourth-order valence-electron chi connectivity index (χ4n) is 2.18. The molecule has 1 aromatic rings. The molecule has 0 fully saturated rings. The molecule has 1 N–H and O–H groups in total. The molecule has 6 heteroatoms. The smallest absolute Gasteiger partial charge is 0.177 e. The quantitative estimate of drug-likeness (QED) is 0.362. The van der Waals surface area contributed by atoms with E-state index in [1.165, 1.54) is 0 Å². The maximum Gasteiger partial charge on any atom is 0.177 e. The molecule has 0 aromatic heterocycles. The maximum absolute atomic E-state index is 8.92. The van der Waals surface area contributed by atoms with Crippen molar-refractivity contribution in [2.45, 2.75) is 37.9 Å². The van der Waals surface area contributed by atoms with E-state index in [1.54, 1.807) is 12.2 Å². The first-order valence-corrected chi connectivity index (χ1v) is 6.98. The van der Waals surface area contributed by atoms with Gasteiger partial charge in [-0.1, -0.05) is 41.5 Å². The molecule has 0 unspecified atom stereocenters. The van der Waals surface area contributed by atoms with Crippen LogP contribution in [-0.2, 0) is 16.1 Å². The number of benzene rings is 1. The standard InChI is InChI=1S/C15H19N3O3/c16-18-17-13-8-9-15(21-14(13)7-4-10-19)20-11-12-5-2-1-3-6-12/h1-3,5-6,8-9,13-15,19H,4,7,10-11H2/t13-,14+,15-/m1/s1. The molecule has 0 radical (unpaired) electrons. The van der Waals surface area contributed by atoms with Crippen molar-refractivity contribution in [3.63, 3.8) is 0 Å². The monoisotopic (exact) mass is 289 g/mol. The van der Waals surface area contributed by atoms with Gasteiger partial charge >= 0.3 is 0 Å². The summed E-state index contributed by atoms with van der Waals surface area (Å²) in [6, 6.07) is 9.49. The van der Waals surface area contributed by atoms with Crippen LogP contribution in [0.4, 0.5) is 0 Å². The molecule has 0 amide bonds. The van der Waals surface area contributed by atoms with Crippen molar-refractivity contribution in [1.82, 2.24) is 0 Å². The van der Waals surface area contributed by atoms with E-state index in [0.717, 1.165) is 5.56 Å². The van der Waals surface area contributed by atoms with Crippen LogP contribution in [0.3, 0.4) is 0 Å². The van der Waals surface area contributed by atoms with Crippen molar-refractivity contribution >= 4 is 0 Å². The second-order valence-electron chi connectivity index (χ2n) is 4.79. The molecule has 1 aromatic carbocycles. The first kappa shape index (κ1) is 15.5. The van der Waals surface area contributed by atoms with Gasteiger partial charge in [0.15, 0.2) is 6.29 Å². The highest BCUT2D eigenvalue weighted by atomic mass is 16.7. The van der Waals surface area contributed by atoms with Crippen molar-refractivity contribution in [1.29, 1.82) is 0 Å². The summed E-state index contributed by atoms with van der Waals surface area (Å²) in [5, 5.41) is 12.6. The third-order valence-electron chi connectivity index (χ3n) is 3.24. The zero-order chi connectivity index (χ0) is 14.9. The molecule has 0 spiro atoms. The minimum atomic E-state index is -0.459. The maximum atomic E-state index is 8.92. The van der Waals surface area contributed by atoms with E-state index in [2.05, 4.69) is 10.0 Å². The summed E-state index contributed by atoms with van der Waals surface area (Å²) in [7, 11) is 0. The fraction of sp³-hybridized carbons (Fsp3) is 0.467. The molecule has 3 atom stereocenters. The average molecular weight is 289 g/mol. The van der Waals surface area contributed by atoms with Gasteiger partial charge in [0.1, 0.15) is 0 Å². The average Bonchev–Trinajstić information content (AvgIpc) is 2.53. The number of ether oxygens (including phenoxy) is 2. The van der Waals surface area contributed by atoms with Gasteiger partial charge in [-0.05, 0) is 30.0 Å². The highest BCUT2D eigenvalue weighted by Gasteiger charge is 2.26. The molecule has 1 heterocycles. The lowest BCUT2D eigenvalue weighted by Gasteiger charge is -2.30. The topological polar surface area (TPSA) is 87.5 Å². The Kier molecular flexibility index (Phi) is 6.24. The molecule has 6 nitrogen and oxygen atoms in total. The van der Waals surface area contributed by atoms with Crippen LogP contribution in [-0.4, -0.2) is 30.1 Å². The third-order valence-corrected chi connectivity index (χ3v) is 3.24. The summed E-state index contributed by atoms with van der Waals surface area (Å²) in [5.41, 5.74) is 9.64. The van der Waals surface area contributed by atoms with Crippen LogP contribution >= 0.6 is 0 Å². The van der Waals surface area contributed by atoms with Crippen molar-refractivity contribution in [3.05, 3.63) is 58.5 Å². The van der Waals surface area contributed by atoms with Crippen molar-refractivity contribution in [2.24, 2.45) is 5.11 Å². The number of aliphatic hydroxyl groups is 1. The Hall–Kier alpha value is -1.85. The largest absolute Gasteiger partial charge is 0.396 e. The minimum absolute atomic E-state index is 0.0854. The zero-order valence-corrected chi connectivity index (χ0v) is 11.7. The second-order valence-corrected chi connectivity index (χ2v) is 4.79. The van der Waals surface area contributed by atoms with E-state index >= 15 is 0 Å². The van der Waals surface area contributed by atoms with Crippen molar-refractivity contribution < 1.29 is 14.6 Å². The van der Waals surface area contributed by atoms with Crippen molar-refractivity contribution in [2.75, 3.05) is 6.61 Å². The van der Waals surface area contributed by atoms with Crippen LogP contribution in [0.2, 0.25) is 0 Å². The summed E-state index contributed by atoms with van der Waals surface area (Å²) in [4.78, 5) is 2.83. The van der Waals surface area contributed by atoms with E-state index in [9.17, 15) is 0 Å². The summed E-state index contributed by atoms with van der Waals surface area (Å²) in [5.74, 6) is 0. The van der Waals surface area contributed by atoms with Gasteiger partial charge in [0.05, 0.1) is 18.8 Å². The van der Waals surface area contributed by atoms with E-state index in [4.69, 9.17) is 20.1 Å². The van der Waals surface area contributed by atoms with Gasteiger partial charge in [0, 0.05) is 11.5 Å². The lowest BCUT2D eigenvalue weighted by molar-refractivity contribution is -0.159. The number of hydrogen-bond donors (Lipinski definition) is 1. The first-order chi connectivity index (χ1) is 10.3. The van der Waals surface area contributed by atoms with E-state index in [-0.39, 0.29) is 18.8 Å². The molecule has 0 bridgehead atoms. The number of nitrogens with zero attached hydrogens (tertiary/aromatic N) is 3. The fourth-order valence-corrected chi connectivity index (χ4v) is 2.18. The Morgan fingerprint density at radius 3 is 2.81 bits per heavy atom. The molecule has 0 aliphatic carbocycles. The molecule has 0 saturated carbocycles. The Labute approximate surface area is 123 Å². The van der Waals surface area contributed by atoms with Gasteiger partial charge in [0.2, 0.25) is 0 Å². The Morgan fingerprint density at radius 1 is 1.29 bits per heavy atom. The summed E-state index contributed by atoms with van der Waals surface area (Å²) >= 11 is 0. The molecule has 2 rings (SSSR count). The molecule has 21 heavy (non-hydrogen) atoms. The number of rotatable bonds is 7.